The van der Waals surface area contributed by atoms with Crippen LogP contribution in [0.15, 0.2) is 35.9 Å². The van der Waals surface area contributed by atoms with Gasteiger partial charge in [0.05, 0.1) is 6.61 Å². The Morgan fingerprint density at radius 1 is 1.34 bits per heavy atom. The van der Waals surface area contributed by atoms with Gasteiger partial charge in [-0.15, -0.1) is 10.1 Å². The number of aliphatic carboxylic acids is 1. The molecule has 0 saturated heterocycles. The van der Waals surface area contributed by atoms with Crippen molar-refractivity contribution in [1.29, 1.82) is 0 Å². The van der Waals surface area contributed by atoms with Crippen molar-refractivity contribution in [3.05, 3.63) is 57.2 Å². The molecule has 0 fully saturated rings. The zero-order chi connectivity index (χ0) is 23.5. The highest BCUT2D eigenvalue weighted by molar-refractivity contribution is 5.92. The molecule has 32 heavy (non-hydrogen) atoms. The predicted molar refractivity (Wildman–Crippen MR) is 114 cm³/mol. The van der Waals surface area contributed by atoms with Crippen LogP contribution in [-0.4, -0.2) is 34.3 Å². The number of benzene rings is 1. The molecule has 2 aliphatic rings. The van der Waals surface area contributed by atoms with Crippen molar-refractivity contribution in [2.75, 3.05) is 6.61 Å². The molecule has 1 aliphatic heterocycles. The van der Waals surface area contributed by atoms with Crippen LogP contribution in [0, 0.1) is 16.0 Å². The monoisotopic (exact) mass is 445 g/mol. The van der Waals surface area contributed by atoms with Crippen LogP contribution in [0.25, 0.3) is 0 Å². The quantitative estimate of drug-likeness (QED) is 0.121. The third-order valence-corrected chi connectivity index (χ3v) is 5.89. The Hall–Kier alpha value is -3.36. The van der Waals surface area contributed by atoms with Crippen LogP contribution >= 0.6 is 0 Å². The summed E-state index contributed by atoms with van der Waals surface area (Å²) in [6.07, 6.45) is 6.51. The number of nitrogens with zero attached hydrogens (tertiary/aromatic N) is 1. The van der Waals surface area contributed by atoms with E-state index < -0.39 is 22.6 Å². The molecule has 1 aliphatic carbocycles. The fourth-order valence-electron chi connectivity index (χ4n) is 4.49. The lowest BCUT2D eigenvalue weighted by Crippen LogP contribution is -2.45. The highest BCUT2D eigenvalue weighted by Crippen LogP contribution is 2.53. The first kappa shape index (κ1) is 23.3. The minimum Gasteiger partial charge on any atom is -0.487 e. The summed E-state index contributed by atoms with van der Waals surface area (Å²) in [4.78, 5) is 37.8. The summed E-state index contributed by atoms with van der Waals surface area (Å²) in [5.74, 6) is -0.976. The lowest BCUT2D eigenvalue weighted by Gasteiger charge is -2.46. The molecule has 9 heteroatoms. The summed E-state index contributed by atoms with van der Waals surface area (Å²) >= 11 is 0. The Morgan fingerprint density at radius 3 is 2.78 bits per heavy atom. The van der Waals surface area contributed by atoms with E-state index >= 15 is 0 Å². The Kier molecular flexibility index (Phi) is 6.86. The van der Waals surface area contributed by atoms with Gasteiger partial charge < -0.3 is 19.4 Å². The Balaban J connectivity index is 1.99. The van der Waals surface area contributed by atoms with E-state index in [0.717, 1.165) is 36.1 Å². The zero-order valence-electron chi connectivity index (χ0n) is 18.3. The summed E-state index contributed by atoms with van der Waals surface area (Å²) in [5, 5.41) is 18.3. The molecule has 1 N–H and O–H groups in total. The maximum atomic E-state index is 12.3. The Morgan fingerprint density at radius 2 is 2.09 bits per heavy atom. The van der Waals surface area contributed by atoms with Gasteiger partial charge in [0.1, 0.15) is 17.1 Å². The lowest BCUT2D eigenvalue weighted by molar-refractivity contribution is -0.757. The molecule has 3 rings (SSSR count). The summed E-state index contributed by atoms with van der Waals surface area (Å²) in [6.45, 7) is 6.10. The Bertz CT molecular complexity index is 978. The van der Waals surface area contributed by atoms with Crippen molar-refractivity contribution in [2.45, 2.75) is 58.0 Å². The average Bonchev–Trinajstić information content (AvgIpc) is 2.68. The summed E-state index contributed by atoms with van der Waals surface area (Å²) in [7, 11) is 0. The molecule has 1 aromatic rings. The van der Waals surface area contributed by atoms with Crippen LogP contribution < -0.4 is 9.47 Å². The number of esters is 1. The third-order valence-electron chi connectivity index (χ3n) is 5.89. The molecule has 2 atom stereocenters. The molecule has 0 saturated carbocycles. The molecular weight excluding hydrogens is 418 g/mol. The van der Waals surface area contributed by atoms with Crippen molar-refractivity contribution in [3.8, 4) is 11.5 Å². The standard InChI is InChI=1S/C23H27NO8/c1-14-6-7-17-16(11-14)22-18(31-21(27)9-8-20(25)26)12-15(5-4-10-30-24(28)29)13-19(22)32-23(17,2)3/h8-9,11-13,16-17H,4-7,10H2,1-3H3,(H,25,26)/b9-8-/t16-,17-/m1/s1. The SMILES string of the molecule is CC1=C[C@H]2c3c(OC(=O)/C=C\C(=O)O)cc(CCCO[N+](=O)[O-])cc3OC(C)(C)[C@@H]2CC1. The van der Waals surface area contributed by atoms with Gasteiger partial charge in [0.15, 0.2) is 0 Å². The van der Waals surface area contributed by atoms with Gasteiger partial charge in [0, 0.05) is 29.6 Å². The molecule has 1 aromatic carbocycles. The summed E-state index contributed by atoms with van der Waals surface area (Å²) < 4.78 is 11.9. The van der Waals surface area contributed by atoms with Gasteiger partial charge in [-0.25, -0.2) is 9.59 Å². The van der Waals surface area contributed by atoms with E-state index in [2.05, 4.69) is 17.8 Å². The number of hydrogen-bond donors (Lipinski definition) is 1. The highest BCUT2D eigenvalue weighted by atomic mass is 16.9. The number of aryl methyl sites for hydroxylation is 1. The van der Waals surface area contributed by atoms with E-state index in [-0.39, 0.29) is 18.4 Å². The first-order valence-electron chi connectivity index (χ1n) is 10.5. The first-order chi connectivity index (χ1) is 15.1. The van der Waals surface area contributed by atoms with E-state index in [4.69, 9.17) is 14.6 Å². The maximum absolute atomic E-state index is 12.3. The van der Waals surface area contributed by atoms with Crippen molar-refractivity contribution >= 4 is 11.9 Å². The van der Waals surface area contributed by atoms with Crippen LogP contribution in [-0.2, 0) is 20.8 Å². The van der Waals surface area contributed by atoms with Gasteiger partial charge in [-0.3, -0.25) is 0 Å². The minimum atomic E-state index is -1.25. The van der Waals surface area contributed by atoms with Crippen molar-refractivity contribution in [1.82, 2.24) is 0 Å². The molecule has 0 bridgehead atoms. The van der Waals surface area contributed by atoms with Gasteiger partial charge in [-0.2, -0.15) is 0 Å². The third kappa shape index (κ3) is 5.46. The first-order valence-corrected chi connectivity index (χ1v) is 10.5. The second-order valence-corrected chi connectivity index (χ2v) is 8.65. The topological polar surface area (TPSA) is 125 Å². The minimum absolute atomic E-state index is 0.0133. The number of fused-ring (bicyclic) bond motifs is 3. The number of rotatable bonds is 8. The number of allylic oxidation sites excluding steroid dienone is 2. The highest BCUT2D eigenvalue weighted by Gasteiger charge is 2.45. The summed E-state index contributed by atoms with van der Waals surface area (Å²) in [5.41, 5.74) is 2.34. The normalized spacial score (nSPS) is 21.0. The Labute approximate surface area is 185 Å². The van der Waals surface area contributed by atoms with E-state index in [1.165, 1.54) is 5.57 Å². The smallest absolute Gasteiger partial charge is 0.336 e. The van der Waals surface area contributed by atoms with Gasteiger partial charge in [0.25, 0.3) is 5.09 Å². The fourth-order valence-corrected chi connectivity index (χ4v) is 4.49. The number of carboxylic acid groups (broad SMARTS) is 1. The molecule has 9 nitrogen and oxygen atoms in total. The fraction of sp³-hybridized carbons (Fsp3) is 0.478. The van der Waals surface area contributed by atoms with Crippen molar-refractivity contribution in [3.63, 3.8) is 0 Å². The summed E-state index contributed by atoms with van der Waals surface area (Å²) in [6, 6.07) is 3.59. The molecule has 0 radical (unpaired) electrons. The number of carbonyl (C=O) groups excluding carboxylic acids is 1. The van der Waals surface area contributed by atoms with Crippen LogP contribution in [0.4, 0.5) is 0 Å². The average molecular weight is 445 g/mol. The van der Waals surface area contributed by atoms with Gasteiger partial charge in [-0.05, 0) is 64.2 Å². The second kappa shape index (κ2) is 9.42. The number of hydrogen-bond acceptors (Lipinski definition) is 7. The van der Waals surface area contributed by atoms with Gasteiger partial charge >= 0.3 is 11.9 Å². The van der Waals surface area contributed by atoms with Crippen LogP contribution in [0.5, 0.6) is 11.5 Å². The largest absolute Gasteiger partial charge is 0.487 e. The van der Waals surface area contributed by atoms with E-state index in [1.807, 2.05) is 19.9 Å². The predicted octanol–water partition coefficient (Wildman–Crippen LogP) is 3.98. The molecule has 0 amide bonds. The van der Waals surface area contributed by atoms with Crippen LogP contribution in [0.3, 0.4) is 0 Å². The molecule has 172 valence electrons. The van der Waals surface area contributed by atoms with Gasteiger partial charge in [-0.1, -0.05) is 11.6 Å². The zero-order valence-corrected chi connectivity index (χ0v) is 18.3. The number of carbonyl (C=O) groups is 2. The van der Waals surface area contributed by atoms with Crippen LogP contribution in [0.1, 0.15) is 57.1 Å². The molecule has 0 spiro atoms. The number of ether oxygens (including phenoxy) is 2. The van der Waals surface area contributed by atoms with Gasteiger partial charge in [0.2, 0.25) is 0 Å². The van der Waals surface area contributed by atoms with E-state index in [9.17, 15) is 19.7 Å². The lowest BCUT2D eigenvalue weighted by atomic mass is 9.68. The number of carboxylic acids is 1. The molecule has 1 heterocycles. The van der Waals surface area contributed by atoms with Crippen molar-refractivity contribution < 1.29 is 34.1 Å². The van der Waals surface area contributed by atoms with E-state index in [0.29, 0.717) is 24.3 Å². The van der Waals surface area contributed by atoms with Crippen molar-refractivity contribution in [2.24, 2.45) is 5.92 Å². The van der Waals surface area contributed by atoms with Crippen LogP contribution in [0.2, 0.25) is 0 Å². The molecule has 0 unspecified atom stereocenters. The second-order valence-electron chi connectivity index (χ2n) is 8.65. The molecular formula is C23H27NO8. The van der Waals surface area contributed by atoms with E-state index in [1.54, 1.807) is 6.07 Å². The maximum Gasteiger partial charge on any atom is 0.336 e. The molecule has 0 aromatic heterocycles.